The van der Waals surface area contributed by atoms with E-state index in [1.54, 1.807) is 6.07 Å². The van der Waals surface area contributed by atoms with E-state index in [9.17, 15) is 4.39 Å². The van der Waals surface area contributed by atoms with Gasteiger partial charge in [0.25, 0.3) is 0 Å². The molecule has 96 valence electrons. The average molecular weight is 238 g/mol. The Kier molecular flexibility index (Phi) is 4.94. The van der Waals surface area contributed by atoms with Gasteiger partial charge >= 0.3 is 0 Å². The molecule has 0 saturated heterocycles. The molecule has 1 rings (SSSR count). The van der Waals surface area contributed by atoms with E-state index in [0.717, 1.165) is 24.3 Å². The summed E-state index contributed by atoms with van der Waals surface area (Å²) in [5, 5.41) is 0. The van der Waals surface area contributed by atoms with Gasteiger partial charge in [0.15, 0.2) is 0 Å². The smallest absolute Gasteiger partial charge is 0.123 e. The largest absolute Gasteiger partial charge is 0.371 e. The summed E-state index contributed by atoms with van der Waals surface area (Å²) >= 11 is 0. The summed E-state index contributed by atoms with van der Waals surface area (Å²) in [4.78, 5) is 2.25. The fraction of sp³-hybridized carbons (Fsp3) is 0.571. The first kappa shape index (κ1) is 14.0. The molecule has 0 fully saturated rings. The van der Waals surface area contributed by atoms with Crippen molar-refractivity contribution in [2.75, 3.05) is 18.0 Å². The molecule has 0 aromatic heterocycles. The molecule has 0 aliphatic heterocycles. The second-order valence-electron chi connectivity index (χ2n) is 4.92. The zero-order chi connectivity index (χ0) is 13.0. The number of anilines is 1. The van der Waals surface area contributed by atoms with Gasteiger partial charge in [0.1, 0.15) is 5.82 Å². The average Bonchev–Trinajstić information content (AvgIpc) is 2.25. The predicted molar refractivity (Wildman–Crippen MR) is 71.7 cm³/mol. The van der Waals surface area contributed by atoms with Crippen LogP contribution >= 0.6 is 0 Å². The first-order valence-corrected chi connectivity index (χ1v) is 6.25. The summed E-state index contributed by atoms with van der Waals surface area (Å²) in [5.41, 5.74) is 7.85. The number of benzene rings is 1. The predicted octanol–water partition coefficient (Wildman–Crippen LogP) is 3.33. The fourth-order valence-electron chi connectivity index (χ4n) is 2.02. The van der Waals surface area contributed by atoms with Crippen LogP contribution in [0.3, 0.4) is 0 Å². The molecule has 0 aliphatic carbocycles. The Bertz CT molecular complexity index is 361. The topological polar surface area (TPSA) is 29.3 Å². The number of nitrogens with two attached hydrogens (primary N) is 1. The second kappa shape index (κ2) is 6.01. The molecule has 17 heavy (non-hydrogen) atoms. The molecule has 1 atom stereocenters. The lowest BCUT2D eigenvalue weighted by Crippen LogP contribution is -2.29. The van der Waals surface area contributed by atoms with E-state index >= 15 is 0 Å². The third-order valence-electron chi connectivity index (χ3n) is 2.79. The van der Waals surface area contributed by atoms with Gasteiger partial charge in [-0.3, -0.25) is 0 Å². The number of hydrogen-bond acceptors (Lipinski definition) is 2. The maximum atomic E-state index is 13.3. The Balaban J connectivity index is 3.09. The van der Waals surface area contributed by atoms with Crippen molar-refractivity contribution in [3.63, 3.8) is 0 Å². The third-order valence-corrected chi connectivity index (χ3v) is 2.79. The molecule has 0 aliphatic rings. The van der Waals surface area contributed by atoms with Crippen molar-refractivity contribution in [2.24, 2.45) is 11.7 Å². The maximum absolute atomic E-state index is 13.3. The minimum absolute atomic E-state index is 0.151. The van der Waals surface area contributed by atoms with Crippen LogP contribution in [0.15, 0.2) is 18.2 Å². The van der Waals surface area contributed by atoms with Gasteiger partial charge in [0.2, 0.25) is 0 Å². The molecular weight excluding hydrogens is 215 g/mol. The zero-order valence-corrected chi connectivity index (χ0v) is 11.2. The molecule has 1 aromatic carbocycles. The summed E-state index contributed by atoms with van der Waals surface area (Å²) < 4.78 is 13.3. The van der Waals surface area contributed by atoms with Crippen LogP contribution in [0.25, 0.3) is 0 Å². The molecule has 2 N–H and O–H groups in total. The first-order chi connectivity index (χ1) is 7.95. The van der Waals surface area contributed by atoms with E-state index in [2.05, 4.69) is 25.7 Å². The summed E-state index contributed by atoms with van der Waals surface area (Å²) in [6.07, 6.45) is 0. The Hall–Kier alpha value is -1.09. The molecule has 0 saturated carbocycles. The fourth-order valence-corrected chi connectivity index (χ4v) is 2.02. The maximum Gasteiger partial charge on any atom is 0.123 e. The van der Waals surface area contributed by atoms with E-state index in [1.807, 2.05) is 13.0 Å². The molecule has 1 unspecified atom stereocenters. The summed E-state index contributed by atoms with van der Waals surface area (Å²) in [5.74, 6) is 0.350. The molecule has 0 amide bonds. The molecule has 0 radical (unpaired) electrons. The molecule has 1 aromatic rings. The SMILES string of the molecule is CCN(CC(C)C)c1ccc(F)cc1C(C)N. The quantitative estimate of drug-likeness (QED) is 0.852. The van der Waals surface area contributed by atoms with E-state index in [0.29, 0.717) is 5.92 Å². The third kappa shape index (κ3) is 3.70. The molecule has 0 bridgehead atoms. The molecule has 2 nitrogen and oxygen atoms in total. The van der Waals surface area contributed by atoms with Crippen molar-refractivity contribution < 1.29 is 4.39 Å². The van der Waals surface area contributed by atoms with Gasteiger partial charge in [0, 0.05) is 24.8 Å². The van der Waals surface area contributed by atoms with Crippen molar-refractivity contribution >= 4 is 5.69 Å². The monoisotopic (exact) mass is 238 g/mol. The first-order valence-electron chi connectivity index (χ1n) is 6.25. The molecule has 3 heteroatoms. The summed E-state index contributed by atoms with van der Waals surface area (Å²) in [6.45, 7) is 10.2. The van der Waals surface area contributed by atoms with Gasteiger partial charge in [-0.15, -0.1) is 0 Å². The van der Waals surface area contributed by atoms with Crippen molar-refractivity contribution in [3.05, 3.63) is 29.6 Å². The summed E-state index contributed by atoms with van der Waals surface area (Å²) in [7, 11) is 0. The van der Waals surface area contributed by atoms with Crippen LogP contribution in [0, 0.1) is 11.7 Å². The highest BCUT2D eigenvalue weighted by atomic mass is 19.1. The molecular formula is C14H23FN2. The Labute approximate surface area is 104 Å². The minimum Gasteiger partial charge on any atom is -0.371 e. The van der Waals surface area contributed by atoms with Gasteiger partial charge in [-0.25, -0.2) is 4.39 Å². The Morgan fingerprint density at radius 3 is 2.41 bits per heavy atom. The lowest BCUT2D eigenvalue weighted by molar-refractivity contribution is 0.606. The van der Waals surface area contributed by atoms with Crippen molar-refractivity contribution in [1.82, 2.24) is 0 Å². The van der Waals surface area contributed by atoms with Crippen molar-refractivity contribution in [3.8, 4) is 0 Å². The van der Waals surface area contributed by atoms with Gasteiger partial charge in [-0.2, -0.15) is 0 Å². The minimum atomic E-state index is -0.221. The highest BCUT2D eigenvalue weighted by Crippen LogP contribution is 2.26. The highest BCUT2D eigenvalue weighted by Gasteiger charge is 2.14. The number of nitrogens with zero attached hydrogens (tertiary/aromatic N) is 1. The lowest BCUT2D eigenvalue weighted by Gasteiger charge is -2.28. The van der Waals surface area contributed by atoms with Crippen molar-refractivity contribution in [1.29, 1.82) is 0 Å². The Morgan fingerprint density at radius 1 is 1.29 bits per heavy atom. The van der Waals surface area contributed by atoms with Gasteiger partial charge < -0.3 is 10.6 Å². The normalized spacial score (nSPS) is 12.9. The van der Waals surface area contributed by atoms with Crippen LogP contribution in [-0.4, -0.2) is 13.1 Å². The van der Waals surface area contributed by atoms with Crippen LogP contribution < -0.4 is 10.6 Å². The summed E-state index contributed by atoms with van der Waals surface area (Å²) in [6, 6.07) is 4.73. The number of rotatable bonds is 5. The zero-order valence-electron chi connectivity index (χ0n) is 11.2. The number of hydrogen-bond donors (Lipinski definition) is 1. The Morgan fingerprint density at radius 2 is 1.94 bits per heavy atom. The van der Waals surface area contributed by atoms with Crippen LogP contribution in [-0.2, 0) is 0 Å². The van der Waals surface area contributed by atoms with E-state index in [4.69, 9.17) is 5.73 Å². The van der Waals surface area contributed by atoms with Crippen LogP contribution in [0.2, 0.25) is 0 Å². The van der Waals surface area contributed by atoms with E-state index in [1.165, 1.54) is 6.07 Å². The van der Waals surface area contributed by atoms with Crippen LogP contribution in [0.5, 0.6) is 0 Å². The molecule has 0 heterocycles. The van der Waals surface area contributed by atoms with Gasteiger partial charge in [-0.05, 0) is 43.5 Å². The highest BCUT2D eigenvalue weighted by molar-refractivity contribution is 5.55. The van der Waals surface area contributed by atoms with E-state index in [-0.39, 0.29) is 11.9 Å². The number of halogens is 1. The lowest BCUT2D eigenvalue weighted by atomic mass is 10.0. The second-order valence-corrected chi connectivity index (χ2v) is 4.92. The van der Waals surface area contributed by atoms with Gasteiger partial charge in [0.05, 0.1) is 0 Å². The van der Waals surface area contributed by atoms with Crippen LogP contribution in [0.4, 0.5) is 10.1 Å². The van der Waals surface area contributed by atoms with Crippen molar-refractivity contribution in [2.45, 2.75) is 33.7 Å². The van der Waals surface area contributed by atoms with Gasteiger partial charge in [-0.1, -0.05) is 13.8 Å². The molecule has 0 spiro atoms. The standard InChI is InChI=1S/C14H23FN2/c1-5-17(9-10(2)3)14-7-6-12(15)8-13(14)11(4)16/h6-8,10-11H,5,9,16H2,1-4H3. The van der Waals surface area contributed by atoms with Crippen LogP contribution in [0.1, 0.15) is 39.3 Å². The van der Waals surface area contributed by atoms with E-state index < -0.39 is 0 Å².